The topological polar surface area (TPSA) is 75.4 Å². The van der Waals surface area contributed by atoms with Crippen molar-refractivity contribution in [3.63, 3.8) is 0 Å². The zero-order valence-corrected chi connectivity index (χ0v) is 20.0. The van der Waals surface area contributed by atoms with Gasteiger partial charge in [-0.1, -0.05) is 12.1 Å². The van der Waals surface area contributed by atoms with Gasteiger partial charge in [0.2, 0.25) is 0 Å². The Balaban J connectivity index is 0.00000320. The van der Waals surface area contributed by atoms with E-state index in [1.54, 1.807) is 14.2 Å². The van der Waals surface area contributed by atoms with Crippen molar-refractivity contribution < 1.29 is 9.47 Å². The molecule has 3 rings (SSSR count). The molecule has 3 N–H and O–H groups in total. The number of benzene rings is 2. The smallest absolute Gasteiger partial charge is 0.193 e. The molecule has 0 amide bonds. The number of hydrogen-bond donors (Lipinski definition) is 2. The first-order valence-electron chi connectivity index (χ1n) is 10.0. The lowest BCUT2D eigenvalue weighted by molar-refractivity contribution is 0.256. The van der Waals surface area contributed by atoms with E-state index in [1.165, 1.54) is 5.69 Å². The summed E-state index contributed by atoms with van der Waals surface area (Å²) in [5.41, 5.74) is 8.09. The van der Waals surface area contributed by atoms with Gasteiger partial charge in [-0.3, -0.25) is 9.89 Å². The molecule has 1 saturated heterocycles. The second-order valence-corrected chi connectivity index (χ2v) is 6.97. The normalized spacial score (nSPS) is 14.7. The number of hydrogen-bond acceptors (Lipinski definition) is 5. The van der Waals surface area contributed by atoms with Crippen LogP contribution < -0.4 is 25.4 Å². The highest BCUT2D eigenvalue weighted by molar-refractivity contribution is 14.0. The number of ether oxygens (including phenoxy) is 2. The molecule has 30 heavy (non-hydrogen) atoms. The quantitative estimate of drug-likeness (QED) is 0.239. The maximum absolute atomic E-state index is 6.01. The van der Waals surface area contributed by atoms with Crippen molar-refractivity contribution in [1.29, 1.82) is 0 Å². The Morgan fingerprint density at radius 3 is 2.37 bits per heavy atom. The largest absolute Gasteiger partial charge is 0.497 e. The van der Waals surface area contributed by atoms with E-state index in [4.69, 9.17) is 15.2 Å². The second kappa shape index (κ2) is 12.5. The van der Waals surface area contributed by atoms with Crippen molar-refractivity contribution in [3.05, 3.63) is 48.5 Å². The minimum Gasteiger partial charge on any atom is -0.497 e. The average Bonchev–Trinajstić information content (AvgIpc) is 2.77. The number of rotatable bonds is 8. The summed E-state index contributed by atoms with van der Waals surface area (Å²) in [5.74, 6) is 2.06. The zero-order chi connectivity index (χ0) is 20.5. The lowest BCUT2D eigenvalue weighted by Crippen LogP contribution is -2.46. The van der Waals surface area contributed by atoms with Gasteiger partial charge in [-0.15, -0.1) is 24.0 Å². The zero-order valence-electron chi connectivity index (χ0n) is 17.7. The highest BCUT2D eigenvalue weighted by Gasteiger charge is 2.16. The number of nitrogens with one attached hydrogen (secondary N) is 1. The van der Waals surface area contributed by atoms with Crippen LogP contribution in [0, 0.1) is 0 Å². The molecule has 7 nitrogen and oxygen atoms in total. The number of guanidine groups is 1. The first-order chi connectivity index (χ1) is 14.2. The number of anilines is 2. The molecule has 0 aromatic heterocycles. The van der Waals surface area contributed by atoms with Crippen molar-refractivity contribution in [2.75, 3.05) is 63.7 Å². The Morgan fingerprint density at radius 1 is 1.00 bits per heavy atom. The molecular weight excluding hydrogens is 493 g/mol. The number of methoxy groups -OCH3 is 2. The summed E-state index contributed by atoms with van der Waals surface area (Å²) in [6.07, 6.45) is 0.983. The molecule has 1 aliphatic rings. The molecule has 0 unspecified atom stereocenters. The molecule has 0 atom stereocenters. The minimum atomic E-state index is 0. The van der Waals surface area contributed by atoms with Crippen LogP contribution in [0.2, 0.25) is 0 Å². The predicted octanol–water partition coefficient (Wildman–Crippen LogP) is 3.26. The Morgan fingerprint density at radius 2 is 1.70 bits per heavy atom. The molecule has 2 aromatic rings. The molecule has 1 aliphatic heterocycles. The molecule has 0 bridgehead atoms. The molecular formula is C22H32IN5O2. The van der Waals surface area contributed by atoms with Gasteiger partial charge in [0.05, 0.1) is 19.9 Å². The summed E-state index contributed by atoms with van der Waals surface area (Å²) < 4.78 is 10.5. The maximum atomic E-state index is 6.01. The van der Waals surface area contributed by atoms with E-state index >= 15 is 0 Å². The highest BCUT2D eigenvalue weighted by atomic mass is 127. The molecule has 0 radical (unpaired) electrons. The Bertz CT molecular complexity index is 792. The Hall–Kier alpha value is -2.20. The van der Waals surface area contributed by atoms with Gasteiger partial charge in [0, 0.05) is 45.0 Å². The van der Waals surface area contributed by atoms with E-state index < -0.39 is 0 Å². The molecule has 0 spiro atoms. The van der Waals surface area contributed by atoms with Crippen LogP contribution in [0.3, 0.4) is 0 Å². The summed E-state index contributed by atoms with van der Waals surface area (Å²) >= 11 is 0. The number of nitrogens with zero attached hydrogens (tertiary/aromatic N) is 3. The number of para-hydroxylation sites is 2. The third kappa shape index (κ3) is 6.94. The molecule has 164 valence electrons. The van der Waals surface area contributed by atoms with Gasteiger partial charge < -0.3 is 25.4 Å². The van der Waals surface area contributed by atoms with Crippen LogP contribution in [0.25, 0.3) is 0 Å². The summed E-state index contributed by atoms with van der Waals surface area (Å²) in [7, 11) is 3.34. The van der Waals surface area contributed by atoms with E-state index in [2.05, 4.69) is 32.2 Å². The van der Waals surface area contributed by atoms with Crippen LogP contribution in [0.5, 0.6) is 11.5 Å². The Labute approximate surface area is 196 Å². The fourth-order valence-electron chi connectivity index (χ4n) is 3.44. The van der Waals surface area contributed by atoms with Gasteiger partial charge in [-0.25, -0.2) is 0 Å². The summed E-state index contributed by atoms with van der Waals surface area (Å²) in [6.45, 7) is 5.92. The molecule has 8 heteroatoms. The number of piperazine rings is 1. The first-order valence-corrected chi connectivity index (χ1v) is 10.0. The van der Waals surface area contributed by atoms with Gasteiger partial charge in [0.15, 0.2) is 5.96 Å². The van der Waals surface area contributed by atoms with Crippen LogP contribution >= 0.6 is 24.0 Å². The third-order valence-electron chi connectivity index (χ3n) is 5.09. The number of nitrogens with two attached hydrogens (primary N) is 1. The first kappa shape index (κ1) is 24.1. The van der Waals surface area contributed by atoms with Crippen molar-refractivity contribution in [2.24, 2.45) is 10.7 Å². The van der Waals surface area contributed by atoms with E-state index in [1.807, 2.05) is 36.4 Å². The van der Waals surface area contributed by atoms with Gasteiger partial charge in [-0.2, -0.15) is 0 Å². The van der Waals surface area contributed by atoms with E-state index in [0.717, 1.165) is 56.3 Å². The van der Waals surface area contributed by atoms with Crippen molar-refractivity contribution in [1.82, 2.24) is 4.90 Å². The fourth-order valence-corrected chi connectivity index (χ4v) is 3.44. The highest BCUT2D eigenvalue weighted by Crippen LogP contribution is 2.22. The molecule has 2 aromatic carbocycles. The van der Waals surface area contributed by atoms with Gasteiger partial charge in [0.25, 0.3) is 0 Å². The van der Waals surface area contributed by atoms with Gasteiger partial charge in [0.1, 0.15) is 11.5 Å². The monoisotopic (exact) mass is 525 g/mol. The van der Waals surface area contributed by atoms with Crippen molar-refractivity contribution in [3.8, 4) is 11.5 Å². The van der Waals surface area contributed by atoms with Crippen LogP contribution in [-0.4, -0.2) is 64.3 Å². The van der Waals surface area contributed by atoms with Crippen LogP contribution in [0.1, 0.15) is 6.42 Å². The van der Waals surface area contributed by atoms with Crippen molar-refractivity contribution >= 4 is 41.3 Å². The van der Waals surface area contributed by atoms with Gasteiger partial charge in [-0.05, 0) is 42.8 Å². The van der Waals surface area contributed by atoms with Crippen LogP contribution in [0.15, 0.2) is 53.5 Å². The second-order valence-electron chi connectivity index (χ2n) is 6.97. The van der Waals surface area contributed by atoms with Crippen LogP contribution in [-0.2, 0) is 0 Å². The van der Waals surface area contributed by atoms with E-state index in [-0.39, 0.29) is 24.0 Å². The number of aliphatic imine (C=N–C) groups is 1. The molecule has 0 aliphatic carbocycles. The predicted molar refractivity (Wildman–Crippen MR) is 135 cm³/mol. The fraction of sp³-hybridized carbons (Fsp3) is 0.409. The summed E-state index contributed by atoms with van der Waals surface area (Å²) in [6, 6.07) is 16.0. The summed E-state index contributed by atoms with van der Waals surface area (Å²) in [4.78, 5) is 9.34. The standard InChI is InChI=1S/C22H31N5O2.HI/c1-28-19-10-8-18(9-11-19)27-16-14-26(15-17-27)13-5-12-24-22(23)25-20-6-3-4-7-21(20)29-2;/h3-4,6-11H,5,12-17H2,1-2H3,(H3,23,24,25);1H. The average molecular weight is 525 g/mol. The molecule has 0 saturated carbocycles. The lowest BCUT2D eigenvalue weighted by atomic mass is 10.2. The van der Waals surface area contributed by atoms with Crippen molar-refractivity contribution in [2.45, 2.75) is 6.42 Å². The van der Waals surface area contributed by atoms with E-state index in [9.17, 15) is 0 Å². The third-order valence-corrected chi connectivity index (χ3v) is 5.09. The molecule has 1 heterocycles. The van der Waals surface area contributed by atoms with Crippen LogP contribution in [0.4, 0.5) is 11.4 Å². The molecule has 1 fully saturated rings. The van der Waals surface area contributed by atoms with Gasteiger partial charge >= 0.3 is 0 Å². The Kier molecular flexibility index (Phi) is 10.0. The lowest BCUT2D eigenvalue weighted by Gasteiger charge is -2.36. The summed E-state index contributed by atoms with van der Waals surface area (Å²) in [5, 5.41) is 3.11. The number of halogens is 1. The minimum absolute atomic E-state index is 0. The SMILES string of the molecule is COc1ccc(N2CCN(CCCN=C(N)Nc3ccccc3OC)CC2)cc1.I. The van der Waals surface area contributed by atoms with E-state index in [0.29, 0.717) is 12.5 Å². The maximum Gasteiger partial charge on any atom is 0.193 e.